The van der Waals surface area contributed by atoms with Gasteiger partial charge in [-0.3, -0.25) is 0 Å². The Balaban J connectivity index is 2.79. The third kappa shape index (κ3) is 6.95. The van der Waals surface area contributed by atoms with Crippen LogP contribution in [0.1, 0.15) is 65.7 Å². The van der Waals surface area contributed by atoms with Crippen molar-refractivity contribution in [2.24, 2.45) is 5.92 Å². The van der Waals surface area contributed by atoms with Crippen molar-refractivity contribution < 1.29 is 5.11 Å². The van der Waals surface area contributed by atoms with Crippen LogP contribution in [0.2, 0.25) is 0 Å². The van der Waals surface area contributed by atoms with Crippen LogP contribution >= 0.6 is 0 Å². The molecule has 0 unspecified atom stereocenters. The largest absolute Gasteiger partial charge is 0.389 e. The van der Waals surface area contributed by atoms with E-state index in [1.807, 2.05) is 0 Å². The van der Waals surface area contributed by atoms with Gasteiger partial charge in [-0.2, -0.15) is 0 Å². The molecule has 1 aliphatic carbocycles. The molecule has 0 aliphatic heterocycles. The molecule has 0 bridgehead atoms. The first-order chi connectivity index (χ1) is 9.90. The minimum atomic E-state index is -0.359. The zero-order valence-corrected chi connectivity index (χ0v) is 14.1. The topological polar surface area (TPSA) is 20.2 Å². The summed E-state index contributed by atoms with van der Waals surface area (Å²) in [6.07, 6.45) is 11.3. The predicted octanol–water partition coefficient (Wildman–Crippen LogP) is 5.73. The van der Waals surface area contributed by atoms with Crippen molar-refractivity contribution in [2.75, 3.05) is 0 Å². The fourth-order valence-corrected chi connectivity index (χ4v) is 2.75. The highest BCUT2D eigenvalue weighted by molar-refractivity contribution is 5.10. The summed E-state index contributed by atoms with van der Waals surface area (Å²) in [7, 11) is 0. The second kappa shape index (κ2) is 9.04. The molecular weight excluding hydrogens is 256 g/mol. The maximum Gasteiger partial charge on any atom is 0.0750 e. The second-order valence-electron chi connectivity index (χ2n) is 6.67. The van der Waals surface area contributed by atoms with Crippen molar-refractivity contribution in [3.63, 3.8) is 0 Å². The molecule has 1 aliphatic rings. The van der Waals surface area contributed by atoms with Crippen molar-refractivity contribution in [2.45, 2.75) is 71.8 Å². The Labute approximate surface area is 131 Å². The van der Waals surface area contributed by atoms with E-state index in [9.17, 15) is 5.11 Å². The van der Waals surface area contributed by atoms with E-state index in [4.69, 9.17) is 0 Å². The van der Waals surface area contributed by atoms with Crippen molar-refractivity contribution >= 4 is 0 Å². The third-order valence-electron chi connectivity index (χ3n) is 4.58. The number of hydrogen-bond acceptors (Lipinski definition) is 1. The van der Waals surface area contributed by atoms with E-state index >= 15 is 0 Å². The van der Waals surface area contributed by atoms with Gasteiger partial charge in [-0.1, -0.05) is 42.0 Å². The molecule has 0 amide bonds. The molecule has 118 valence electrons. The van der Waals surface area contributed by atoms with E-state index in [1.165, 1.54) is 23.1 Å². The lowest BCUT2D eigenvalue weighted by molar-refractivity contribution is 0.197. The fraction of sp³-hybridized carbons (Fsp3) is 0.600. The van der Waals surface area contributed by atoms with Crippen LogP contribution in [0.5, 0.6) is 0 Å². The molecule has 0 radical (unpaired) electrons. The fourth-order valence-electron chi connectivity index (χ4n) is 2.75. The maximum absolute atomic E-state index is 10.1. The monoisotopic (exact) mass is 288 g/mol. The van der Waals surface area contributed by atoms with Crippen LogP contribution in [0.4, 0.5) is 0 Å². The van der Waals surface area contributed by atoms with Crippen LogP contribution in [0.25, 0.3) is 0 Å². The molecule has 0 heterocycles. The summed E-state index contributed by atoms with van der Waals surface area (Å²) >= 11 is 0. The Morgan fingerprint density at radius 1 is 1.10 bits per heavy atom. The number of allylic oxidation sites excluding steroid dienone is 5. The van der Waals surface area contributed by atoms with Gasteiger partial charge in [0.2, 0.25) is 0 Å². The number of rotatable bonds is 1. The Hall–Kier alpha value is -1.08. The molecule has 0 aromatic carbocycles. The van der Waals surface area contributed by atoms with Crippen molar-refractivity contribution in [3.8, 4) is 0 Å². The highest BCUT2D eigenvalue weighted by Gasteiger charge is 2.11. The van der Waals surface area contributed by atoms with E-state index in [0.717, 1.165) is 44.1 Å². The molecule has 1 rings (SSSR count). The Bertz CT molecular complexity index is 425. The summed E-state index contributed by atoms with van der Waals surface area (Å²) in [5.74, 6) is 0.575. The van der Waals surface area contributed by atoms with Crippen molar-refractivity contribution in [1.29, 1.82) is 0 Å². The summed E-state index contributed by atoms with van der Waals surface area (Å²) in [4.78, 5) is 0. The van der Waals surface area contributed by atoms with E-state index < -0.39 is 0 Å². The lowest BCUT2D eigenvalue weighted by Crippen LogP contribution is -2.10. The molecule has 0 saturated carbocycles. The third-order valence-corrected chi connectivity index (χ3v) is 4.58. The molecule has 2 atom stereocenters. The summed E-state index contributed by atoms with van der Waals surface area (Å²) in [6.45, 7) is 14.7. The molecule has 0 aromatic heterocycles. The normalized spacial score (nSPS) is 31.5. The molecule has 1 nitrogen and oxygen atoms in total. The number of aliphatic hydroxyl groups is 1. The molecule has 1 heteroatoms. The van der Waals surface area contributed by atoms with Crippen molar-refractivity contribution in [3.05, 3.63) is 47.6 Å². The Kier molecular flexibility index (Phi) is 7.74. The van der Waals surface area contributed by atoms with Gasteiger partial charge in [0.25, 0.3) is 0 Å². The van der Waals surface area contributed by atoms with Crippen LogP contribution in [-0.2, 0) is 0 Å². The van der Waals surface area contributed by atoms with Gasteiger partial charge in [0.1, 0.15) is 0 Å². The maximum atomic E-state index is 10.1. The Morgan fingerprint density at radius 2 is 1.71 bits per heavy atom. The first-order valence-corrected chi connectivity index (χ1v) is 8.22. The quantitative estimate of drug-likeness (QED) is 0.611. The molecular formula is C20H32O. The van der Waals surface area contributed by atoms with Gasteiger partial charge in [0, 0.05) is 0 Å². The SMILES string of the molecule is C=C(C)[C@H]1C/C=C(\C)CC[C@@H](O)C(=C)CC/C=C(\C)CC1. The van der Waals surface area contributed by atoms with E-state index in [0.29, 0.717) is 5.92 Å². The summed E-state index contributed by atoms with van der Waals surface area (Å²) in [5.41, 5.74) is 5.08. The highest BCUT2D eigenvalue weighted by atomic mass is 16.3. The van der Waals surface area contributed by atoms with Crippen molar-refractivity contribution in [1.82, 2.24) is 0 Å². The molecule has 0 fully saturated rings. The lowest BCUT2D eigenvalue weighted by atomic mass is 9.89. The van der Waals surface area contributed by atoms with Gasteiger partial charge in [-0.15, -0.1) is 0 Å². The number of hydrogen-bond donors (Lipinski definition) is 1. The van der Waals surface area contributed by atoms with Crippen LogP contribution in [0.15, 0.2) is 47.6 Å². The highest BCUT2D eigenvalue weighted by Crippen LogP contribution is 2.25. The van der Waals surface area contributed by atoms with Gasteiger partial charge in [-0.05, 0) is 77.2 Å². The summed E-state index contributed by atoms with van der Waals surface area (Å²) < 4.78 is 0. The minimum absolute atomic E-state index is 0.359. The second-order valence-corrected chi connectivity index (χ2v) is 6.67. The standard InChI is InChI=1S/C20H32O/c1-15(2)19-12-9-16(3)7-6-8-18(5)20(21)14-11-17(4)10-13-19/h7,10,19-21H,1,5-6,8-9,11-14H2,2-4H3/b16-7+,17-10+/t19-,20-/m1/s1. The summed E-state index contributed by atoms with van der Waals surface area (Å²) in [5, 5.41) is 10.1. The van der Waals surface area contributed by atoms with Gasteiger partial charge >= 0.3 is 0 Å². The smallest absolute Gasteiger partial charge is 0.0750 e. The van der Waals surface area contributed by atoms with Crippen LogP contribution in [0, 0.1) is 5.92 Å². The van der Waals surface area contributed by atoms with E-state index in [-0.39, 0.29) is 6.10 Å². The van der Waals surface area contributed by atoms with Gasteiger partial charge < -0.3 is 5.11 Å². The predicted molar refractivity (Wildman–Crippen MR) is 93.3 cm³/mol. The molecule has 1 N–H and O–H groups in total. The van der Waals surface area contributed by atoms with E-state index in [2.05, 4.69) is 46.1 Å². The summed E-state index contributed by atoms with van der Waals surface area (Å²) in [6, 6.07) is 0. The zero-order chi connectivity index (χ0) is 15.8. The average molecular weight is 288 g/mol. The average Bonchev–Trinajstić information content (AvgIpc) is 2.43. The first-order valence-electron chi connectivity index (χ1n) is 8.22. The van der Waals surface area contributed by atoms with Crippen LogP contribution < -0.4 is 0 Å². The van der Waals surface area contributed by atoms with Gasteiger partial charge in [0.15, 0.2) is 0 Å². The zero-order valence-electron chi connectivity index (χ0n) is 14.1. The van der Waals surface area contributed by atoms with Crippen LogP contribution in [0.3, 0.4) is 0 Å². The first kappa shape index (κ1) is 18.0. The molecule has 0 aromatic rings. The lowest BCUT2D eigenvalue weighted by Gasteiger charge is -2.18. The van der Waals surface area contributed by atoms with Gasteiger partial charge in [-0.25, -0.2) is 0 Å². The number of aliphatic hydroxyl groups excluding tert-OH is 1. The molecule has 0 spiro atoms. The van der Waals surface area contributed by atoms with Crippen LogP contribution in [-0.4, -0.2) is 11.2 Å². The minimum Gasteiger partial charge on any atom is -0.389 e. The molecule has 0 saturated heterocycles. The molecule has 21 heavy (non-hydrogen) atoms. The Morgan fingerprint density at radius 3 is 2.38 bits per heavy atom. The van der Waals surface area contributed by atoms with E-state index in [1.54, 1.807) is 0 Å². The van der Waals surface area contributed by atoms with Gasteiger partial charge in [0.05, 0.1) is 6.10 Å².